The fourth-order valence-electron chi connectivity index (χ4n) is 1.51. The van der Waals surface area contributed by atoms with Gasteiger partial charge in [0.25, 0.3) is 0 Å². The molecule has 0 fully saturated rings. The molecule has 0 saturated heterocycles. The number of rotatable bonds is 6. The fourth-order valence-corrected chi connectivity index (χ4v) is 1.51. The molecule has 1 rings (SSSR count). The first-order chi connectivity index (χ1) is 6.79. The van der Waals surface area contributed by atoms with E-state index in [2.05, 4.69) is 17.2 Å². The quantitative estimate of drug-likeness (QED) is 0.710. The molecule has 14 heavy (non-hydrogen) atoms. The molecule has 0 saturated carbocycles. The second kappa shape index (κ2) is 5.78. The number of aryl methyl sites for hydroxylation is 1. The summed E-state index contributed by atoms with van der Waals surface area (Å²) in [4.78, 5) is 4.07. The molecule has 1 atom stereocenters. The topological polar surface area (TPSA) is 50.1 Å². The van der Waals surface area contributed by atoms with Gasteiger partial charge in [0.1, 0.15) is 0 Å². The summed E-state index contributed by atoms with van der Waals surface area (Å²) in [5.41, 5.74) is 1.13. The third kappa shape index (κ3) is 2.82. The summed E-state index contributed by atoms with van der Waals surface area (Å²) in [6, 6.07) is 0.215. The maximum Gasteiger partial charge on any atom is 0.0946 e. The molecule has 0 radical (unpaired) electrons. The Labute approximate surface area is 85.0 Å². The number of hydrogen-bond acceptors (Lipinski definition) is 3. The highest BCUT2D eigenvalue weighted by atomic mass is 16.3. The number of aliphatic hydroxyl groups excluding tert-OH is 1. The molecule has 1 unspecified atom stereocenters. The number of nitrogens with zero attached hydrogens (tertiary/aromatic N) is 2. The van der Waals surface area contributed by atoms with Crippen LogP contribution in [-0.4, -0.2) is 27.8 Å². The van der Waals surface area contributed by atoms with Gasteiger partial charge in [0.15, 0.2) is 0 Å². The van der Waals surface area contributed by atoms with Crippen molar-refractivity contribution in [1.82, 2.24) is 14.9 Å². The Kier molecular flexibility index (Phi) is 4.62. The smallest absolute Gasteiger partial charge is 0.0946 e. The lowest BCUT2D eigenvalue weighted by molar-refractivity contribution is 0.263. The van der Waals surface area contributed by atoms with Crippen molar-refractivity contribution in [3.05, 3.63) is 18.2 Å². The van der Waals surface area contributed by atoms with Gasteiger partial charge in [-0.15, -0.1) is 0 Å². The highest BCUT2D eigenvalue weighted by Gasteiger charge is 2.12. The molecule has 4 nitrogen and oxygen atoms in total. The van der Waals surface area contributed by atoms with E-state index < -0.39 is 0 Å². The molecular weight excluding hydrogens is 178 g/mol. The number of nitrogens with one attached hydrogen (secondary N) is 1. The van der Waals surface area contributed by atoms with Gasteiger partial charge in [0.2, 0.25) is 0 Å². The first-order valence-corrected chi connectivity index (χ1v) is 5.10. The van der Waals surface area contributed by atoms with Gasteiger partial charge in [-0.3, -0.25) is 0 Å². The Morgan fingerprint density at radius 1 is 1.64 bits per heavy atom. The predicted molar refractivity (Wildman–Crippen MR) is 55.9 cm³/mol. The number of imidazole rings is 1. The minimum Gasteiger partial charge on any atom is -0.396 e. The molecule has 80 valence electrons. The second-order valence-electron chi connectivity index (χ2n) is 3.45. The molecule has 1 heterocycles. The molecule has 0 aliphatic carbocycles. The lowest BCUT2D eigenvalue weighted by Crippen LogP contribution is -2.24. The summed E-state index contributed by atoms with van der Waals surface area (Å²) in [7, 11) is 1.97. The van der Waals surface area contributed by atoms with E-state index in [0.29, 0.717) is 0 Å². The molecule has 0 aliphatic rings. The largest absolute Gasteiger partial charge is 0.396 e. The summed E-state index contributed by atoms with van der Waals surface area (Å²) in [5.74, 6) is 0. The fraction of sp³-hybridized carbons (Fsp3) is 0.700. The van der Waals surface area contributed by atoms with Crippen LogP contribution in [0.3, 0.4) is 0 Å². The molecule has 0 amide bonds. The van der Waals surface area contributed by atoms with Gasteiger partial charge in [-0.25, -0.2) is 4.98 Å². The van der Waals surface area contributed by atoms with E-state index in [0.717, 1.165) is 25.1 Å². The van der Waals surface area contributed by atoms with Crippen LogP contribution < -0.4 is 5.32 Å². The van der Waals surface area contributed by atoms with E-state index in [4.69, 9.17) is 5.11 Å². The average Bonchev–Trinajstić information content (AvgIpc) is 2.59. The molecule has 0 aliphatic heterocycles. The Morgan fingerprint density at radius 2 is 2.43 bits per heavy atom. The maximum absolute atomic E-state index is 8.96. The first kappa shape index (κ1) is 11.2. The van der Waals surface area contributed by atoms with E-state index in [1.165, 1.54) is 0 Å². The standard InChI is InChI=1S/C10H19N3O/c1-3-5-12-9(4-6-14)10-7-11-8-13(10)2/h7-9,12,14H,3-6H2,1-2H3. The summed E-state index contributed by atoms with van der Waals surface area (Å²) in [5, 5.41) is 12.3. The van der Waals surface area contributed by atoms with Crippen LogP contribution in [0.1, 0.15) is 31.5 Å². The molecular formula is C10H19N3O. The minimum absolute atomic E-state index is 0.201. The van der Waals surface area contributed by atoms with Crippen LogP contribution in [0.5, 0.6) is 0 Å². The molecule has 0 aromatic carbocycles. The monoisotopic (exact) mass is 197 g/mol. The zero-order chi connectivity index (χ0) is 10.4. The Hall–Kier alpha value is -0.870. The molecule has 1 aromatic heterocycles. The summed E-state index contributed by atoms with van der Waals surface area (Å²) < 4.78 is 1.99. The average molecular weight is 197 g/mol. The third-order valence-electron chi connectivity index (χ3n) is 2.27. The van der Waals surface area contributed by atoms with Crippen LogP contribution in [0.15, 0.2) is 12.5 Å². The SMILES string of the molecule is CCCNC(CCO)c1cncn1C. The normalized spacial score (nSPS) is 13.1. The van der Waals surface area contributed by atoms with Gasteiger partial charge in [-0.1, -0.05) is 6.92 Å². The van der Waals surface area contributed by atoms with Crippen LogP contribution in [-0.2, 0) is 7.05 Å². The van der Waals surface area contributed by atoms with Crippen molar-refractivity contribution in [2.24, 2.45) is 7.05 Å². The second-order valence-corrected chi connectivity index (χ2v) is 3.45. The molecule has 4 heteroatoms. The van der Waals surface area contributed by atoms with E-state index in [-0.39, 0.29) is 12.6 Å². The van der Waals surface area contributed by atoms with Crippen LogP contribution in [0.25, 0.3) is 0 Å². The van der Waals surface area contributed by atoms with Crippen molar-refractivity contribution in [3.8, 4) is 0 Å². The maximum atomic E-state index is 8.96. The van der Waals surface area contributed by atoms with E-state index in [1.54, 1.807) is 6.33 Å². The van der Waals surface area contributed by atoms with Crippen molar-refractivity contribution < 1.29 is 5.11 Å². The first-order valence-electron chi connectivity index (χ1n) is 5.10. The van der Waals surface area contributed by atoms with Gasteiger partial charge >= 0.3 is 0 Å². The molecule has 2 N–H and O–H groups in total. The highest BCUT2D eigenvalue weighted by Crippen LogP contribution is 2.14. The van der Waals surface area contributed by atoms with Gasteiger partial charge in [0.05, 0.1) is 18.1 Å². The zero-order valence-electron chi connectivity index (χ0n) is 8.90. The summed E-state index contributed by atoms with van der Waals surface area (Å²) in [6.45, 7) is 3.30. The Balaban J connectivity index is 2.62. The van der Waals surface area contributed by atoms with E-state index >= 15 is 0 Å². The summed E-state index contributed by atoms with van der Waals surface area (Å²) >= 11 is 0. The van der Waals surface area contributed by atoms with Crippen LogP contribution >= 0.6 is 0 Å². The van der Waals surface area contributed by atoms with Crippen LogP contribution in [0.4, 0.5) is 0 Å². The van der Waals surface area contributed by atoms with Crippen molar-refractivity contribution in [1.29, 1.82) is 0 Å². The third-order valence-corrected chi connectivity index (χ3v) is 2.27. The number of aliphatic hydroxyl groups is 1. The van der Waals surface area contributed by atoms with Gasteiger partial charge in [-0.05, 0) is 19.4 Å². The predicted octanol–water partition coefficient (Wildman–Crippen LogP) is 0.843. The Morgan fingerprint density at radius 3 is 2.93 bits per heavy atom. The van der Waals surface area contributed by atoms with Gasteiger partial charge in [-0.2, -0.15) is 0 Å². The van der Waals surface area contributed by atoms with Gasteiger partial charge in [0, 0.05) is 19.9 Å². The molecule has 0 spiro atoms. The van der Waals surface area contributed by atoms with Gasteiger partial charge < -0.3 is 15.0 Å². The van der Waals surface area contributed by atoms with Crippen molar-refractivity contribution >= 4 is 0 Å². The van der Waals surface area contributed by atoms with E-state index in [9.17, 15) is 0 Å². The minimum atomic E-state index is 0.201. The zero-order valence-corrected chi connectivity index (χ0v) is 8.90. The summed E-state index contributed by atoms with van der Waals surface area (Å²) in [6.07, 6.45) is 5.47. The van der Waals surface area contributed by atoms with Crippen LogP contribution in [0, 0.1) is 0 Å². The van der Waals surface area contributed by atoms with Crippen molar-refractivity contribution in [2.75, 3.05) is 13.2 Å². The lowest BCUT2D eigenvalue weighted by atomic mass is 10.1. The highest BCUT2D eigenvalue weighted by molar-refractivity contribution is 5.04. The van der Waals surface area contributed by atoms with Crippen molar-refractivity contribution in [2.45, 2.75) is 25.8 Å². The van der Waals surface area contributed by atoms with E-state index in [1.807, 2.05) is 17.8 Å². The molecule has 0 bridgehead atoms. The van der Waals surface area contributed by atoms with Crippen molar-refractivity contribution in [3.63, 3.8) is 0 Å². The number of hydrogen-bond donors (Lipinski definition) is 2. The Bertz CT molecular complexity index is 260. The number of aromatic nitrogens is 2. The molecule has 1 aromatic rings. The lowest BCUT2D eigenvalue weighted by Gasteiger charge is -2.17. The van der Waals surface area contributed by atoms with Crippen LogP contribution in [0.2, 0.25) is 0 Å².